The van der Waals surface area contributed by atoms with Gasteiger partial charge in [0.25, 0.3) is 5.69 Å². The van der Waals surface area contributed by atoms with Gasteiger partial charge < -0.3 is 0 Å². The summed E-state index contributed by atoms with van der Waals surface area (Å²) in [6, 6.07) is 14.9. The summed E-state index contributed by atoms with van der Waals surface area (Å²) < 4.78 is 27.6. The standard InChI is InChI=1S/C18H20N2O4S/c1-18(2)12-15(14-6-4-3-5-7-14)13-19(18)25(23,24)17-10-8-16(9-11-17)20(21)22/h3-11,15H,12-13H2,1-2H3. The molecule has 0 N–H and O–H groups in total. The molecular formula is C18H20N2O4S. The Bertz CT molecular complexity index is 877. The Kier molecular flexibility index (Phi) is 4.38. The molecule has 1 atom stereocenters. The monoisotopic (exact) mass is 360 g/mol. The van der Waals surface area contributed by atoms with E-state index >= 15 is 0 Å². The highest BCUT2D eigenvalue weighted by Gasteiger charge is 2.45. The van der Waals surface area contributed by atoms with E-state index in [0.717, 1.165) is 12.0 Å². The fraction of sp³-hybridized carbons (Fsp3) is 0.333. The summed E-state index contributed by atoms with van der Waals surface area (Å²) in [5, 5.41) is 10.8. The van der Waals surface area contributed by atoms with Crippen molar-refractivity contribution < 1.29 is 13.3 Å². The lowest BCUT2D eigenvalue weighted by Crippen LogP contribution is -2.42. The van der Waals surface area contributed by atoms with Gasteiger partial charge in [0.15, 0.2) is 0 Å². The van der Waals surface area contributed by atoms with Gasteiger partial charge in [-0.1, -0.05) is 30.3 Å². The third kappa shape index (κ3) is 3.29. The van der Waals surface area contributed by atoms with Crippen LogP contribution in [0.4, 0.5) is 5.69 Å². The molecule has 3 rings (SSSR count). The highest BCUT2D eigenvalue weighted by molar-refractivity contribution is 7.89. The van der Waals surface area contributed by atoms with Crippen LogP contribution in [-0.4, -0.2) is 29.7 Å². The van der Waals surface area contributed by atoms with Gasteiger partial charge in [-0.2, -0.15) is 4.31 Å². The first-order valence-corrected chi connectivity index (χ1v) is 9.48. The molecule has 1 fully saturated rings. The molecule has 1 heterocycles. The summed E-state index contributed by atoms with van der Waals surface area (Å²) in [5.74, 6) is 0.129. The largest absolute Gasteiger partial charge is 0.269 e. The van der Waals surface area contributed by atoms with E-state index < -0.39 is 20.5 Å². The lowest BCUT2D eigenvalue weighted by molar-refractivity contribution is -0.384. The summed E-state index contributed by atoms with van der Waals surface area (Å²) in [6.45, 7) is 4.23. The van der Waals surface area contributed by atoms with Gasteiger partial charge in [0.1, 0.15) is 0 Å². The van der Waals surface area contributed by atoms with Crippen LogP contribution in [0.3, 0.4) is 0 Å². The second-order valence-corrected chi connectivity index (χ2v) is 8.77. The van der Waals surface area contributed by atoms with E-state index in [-0.39, 0.29) is 16.5 Å². The van der Waals surface area contributed by atoms with Crippen molar-refractivity contribution in [3.8, 4) is 0 Å². The molecule has 1 saturated heterocycles. The maximum absolute atomic E-state index is 13.1. The molecule has 0 amide bonds. The molecule has 7 heteroatoms. The second kappa shape index (κ2) is 6.24. The summed E-state index contributed by atoms with van der Waals surface area (Å²) in [6.07, 6.45) is 0.725. The minimum atomic E-state index is -3.72. The van der Waals surface area contributed by atoms with Crippen molar-refractivity contribution in [1.29, 1.82) is 0 Å². The number of hydrogen-bond donors (Lipinski definition) is 0. The highest BCUT2D eigenvalue weighted by atomic mass is 32.2. The zero-order valence-electron chi connectivity index (χ0n) is 14.1. The van der Waals surface area contributed by atoms with Crippen LogP contribution in [0.15, 0.2) is 59.5 Å². The number of nitrogens with zero attached hydrogens (tertiary/aromatic N) is 2. The van der Waals surface area contributed by atoms with Crippen LogP contribution in [0.25, 0.3) is 0 Å². The lowest BCUT2D eigenvalue weighted by atomic mass is 9.91. The molecular weight excluding hydrogens is 340 g/mol. The molecule has 0 aromatic heterocycles. The van der Waals surface area contributed by atoms with Crippen molar-refractivity contribution >= 4 is 15.7 Å². The average Bonchev–Trinajstić information content (AvgIpc) is 2.92. The van der Waals surface area contributed by atoms with E-state index in [2.05, 4.69) is 0 Å². The van der Waals surface area contributed by atoms with Gasteiger partial charge in [-0.3, -0.25) is 10.1 Å². The van der Waals surface area contributed by atoms with E-state index in [1.807, 2.05) is 44.2 Å². The molecule has 0 radical (unpaired) electrons. The maximum Gasteiger partial charge on any atom is 0.269 e. The summed E-state index contributed by atoms with van der Waals surface area (Å²) in [5.41, 5.74) is 0.472. The third-order valence-electron chi connectivity index (χ3n) is 4.71. The van der Waals surface area contributed by atoms with Crippen LogP contribution >= 0.6 is 0 Å². The van der Waals surface area contributed by atoms with Crippen LogP contribution in [0.5, 0.6) is 0 Å². The van der Waals surface area contributed by atoms with Crippen molar-refractivity contribution in [2.75, 3.05) is 6.54 Å². The zero-order valence-corrected chi connectivity index (χ0v) is 14.9. The number of hydrogen-bond acceptors (Lipinski definition) is 4. The Labute approximate surface area is 147 Å². The molecule has 6 nitrogen and oxygen atoms in total. The minimum absolute atomic E-state index is 0.0832. The smallest absolute Gasteiger partial charge is 0.258 e. The molecule has 1 aliphatic heterocycles. The fourth-order valence-electron chi connectivity index (χ4n) is 3.46. The van der Waals surface area contributed by atoms with Gasteiger partial charge in [0.2, 0.25) is 10.0 Å². The molecule has 1 unspecified atom stereocenters. The quantitative estimate of drug-likeness (QED) is 0.617. The van der Waals surface area contributed by atoms with Crippen LogP contribution in [0.2, 0.25) is 0 Å². The fourth-order valence-corrected chi connectivity index (χ4v) is 5.29. The lowest BCUT2D eigenvalue weighted by Gasteiger charge is -2.30. The Hall–Kier alpha value is -2.25. The van der Waals surface area contributed by atoms with Crippen molar-refractivity contribution in [3.63, 3.8) is 0 Å². The van der Waals surface area contributed by atoms with Gasteiger partial charge in [0, 0.05) is 24.2 Å². The first-order valence-electron chi connectivity index (χ1n) is 8.04. The molecule has 0 aliphatic carbocycles. The molecule has 25 heavy (non-hydrogen) atoms. The number of nitro groups is 1. The topological polar surface area (TPSA) is 80.5 Å². The molecule has 0 saturated carbocycles. The molecule has 0 bridgehead atoms. The van der Waals surface area contributed by atoms with Crippen molar-refractivity contribution in [2.24, 2.45) is 0 Å². The van der Waals surface area contributed by atoms with Crippen molar-refractivity contribution in [1.82, 2.24) is 4.31 Å². The number of benzene rings is 2. The SMILES string of the molecule is CC1(C)CC(c2ccccc2)CN1S(=O)(=O)c1ccc([N+](=O)[O-])cc1. The van der Waals surface area contributed by atoms with Gasteiger partial charge in [-0.25, -0.2) is 8.42 Å². The third-order valence-corrected chi connectivity index (χ3v) is 6.81. The molecule has 132 valence electrons. The average molecular weight is 360 g/mol. The molecule has 0 spiro atoms. The first kappa shape index (κ1) is 17.6. The summed E-state index contributed by atoms with van der Waals surface area (Å²) in [7, 11) is -3.72. The normalized spacial score (nSPS) is 20.5. The van der Waals surface area contributed by atoms with E-state index in [0.29, 0.717) is 6.54 Å². The van der Waals surface area contributed by atoms with E-state index in [9.17, 15) is 18.5 Å². The second-order valence-electron chi connectivity index (χ2n) is 6.91. The zero-order chi connectivity index (χ0) is 18.2. The minimum Gasteiger partial charge on any atom is -0.258 e. The van der Waals surface area contributed by atoms with Gasteiger partial charge in [0.05, 0.1) is 9.82 Å². The Morgan fingerprint density at radius 3 is 2.24 bits per heavy atom. The predicted octanol–water partition coefficient (Wildman–Crippen LogP) is 3.55. The molecule has 2 aromatic carbocycles. The molecule has 2 aromatic rings. The predicted molar refractivity (Wildman–Crippen MR) is 94.9 cm³/mol. The first-order chi connectivity index (χ1) is 11.7. The Morgan fingerprint density at radius 2 is 1.68 bits per heavy atom. The van der Waals surface area contributed by atoms with Crippen LogP contribution in [-0.2, 0) is 10.0 Å². The highest BCUT2D eigenvalue weighted by Crippen LogP contribution is 2.41. The Morgan fingerprint density at radius 1 is 1.08 bits per heavy atom. The van der Waals surface area contributed by atoms with Gasteiger partial charge in [-0.05, 0) is 43.9 Å². The van der Waals surface area contributed by atoms with Crippen LogP contribution in [0.1, 0.15) is 31.7 Å². The van der Waals surface area contributed by atoms with Crippen molar-refractivity contribution in [2.45, 2.75) is 36.6 Å². The van der Waals surface area contributed by atoms with Gasteiger partial charge >= 0.3 is 0 Å². The number of sulfonamides is 1. The van der Waals surface area contributed by atoms with E-state index in [1.54, 1.807) is 0 Å². The number of non-ortho nitro benzene ring substituents is 1. The van der Waals surface area contributed by atoms with Crippen molar-refractivity contribution in [3.05, 3.63) is 70.3 Å². The van der Waals surface area contributed by atoms with Gasteiger partial charge in [-0.15, -0.1) is 0 Å². The molecule has 1 aliphatic rings. The number of nitro benzene ring substituents is 1. The van der Waals surface area contributed by atoms with E-state index in [4.69, 9.17) is 0 Å². The van der Waals surface area contributed by atoms with Crippen LogP contribution in [0, 0.1) is 10.1 Å². The summed E-state index contributed by atoms with van der Waals surface area (Å²) >= 11 is 0. The van der Waals surface area contributed by atoms with Crippen LogP contribution < -0.4 is 0 Å². The summed E-state index contributed by atoms with van der Waals surface area (Å²) in [4.78, 5) is 10.3. The number of rotatable bonds is 4. The maximum atomic E-state index is 13.1. The van der Waals surface area contributed by atoms with E-state index in [1.165, 1.54) is 28.6 Å². The Balaban J connectivity index is 1.92.